The number of hydrogen-bond donors (Lipinski definition) is 2. The molecule has 2 amide bonds. The van der Waals surface area contributed by atoms with E-state index in [-0.39, 0.29) is 22.9 Å². The topological polar surface area (TPSA) is 108 Å². The first-order chi connectivity index (χ1) is 16.3. The van der Waals surface area contributed by atoms with Crippen LogP contribution in [0.2, 0.25) is 0 Å². The normalized spacial score (nSPS) is 16.1. The molecule has 0 bridgehead atoms. The molecule has 35 heavy (non-hydrogen) atoms. The summed E-state index contributed by atoms with van der Waals surface area (Å²) in [5, 5.41) is 3.65. The molecule has 2 aliphatic heterocycles. The van der Waals surface area contributed by atoms with Gasteiger partial charge in [0.25, 0.3) is 5.91 Å². The Hall–Kier alpha value is -3.94. The maximum atomic E-state index is 14.8. The van der Waals surface area contributed by atoms with Gasteiger partial charge in [-0.2, -0.15) is 13.2 Å². The number of carbonyl (C=O) groups is 3. The number of fused-ring (bicyclic) bond motifs is 1. The van der Waals surface area contributed by atoms with Gasteiger partial charge < -0.3 is 20.8 Å². The first-order valence-electron chi connectivity index (χ1n) is 10.1. The molecule has 0 unspecified atom stereocenters. The van der Waals surface area contributed by atoms with Gasteiger partial charge in [0.2, 0.25) is 5.91 Å². The summed E-state index contributed by atoms with van der Waals surface area (Å²) in [5.41, 5.74) is 3.96. The maximum absolute atomic E-state index is 14.8. The molecule has 4 rings (SSSR count). The van der Waals surface area contributed by atoms with Gasteiger partial charge in [-0.05, 0) is 31.3 Å². The highest BCUT2D eigenvalue weighted by Crippen LogP contribution is 2.40. The Kier molecular flexibility index (Phi) is 6.00. The summed E-state index contributed by atoms with van der Waals surface area (Å²) in [6, 6.07) is 4.88. The number of primary amides is 1. The molecule has 0 aromatic heterocycles. The number of anilines is 3. The van der Waals surface area contributed by atoms with Gasteiger partial charge in [-0.3, -0.25) is 9.59 Å². The number of likely N-dealkylation sites (tertiary alicyclic amines) is 1. The summed E-state index contributed by atoms with van der Waals surface area (Å²) in [6.07, 6.45) is -5.41. The van der Waals surface area contributed by atoms with E-state index in [2.05, 4.69) is 10.2 Å². The van der Waals surface area contributed by atoms with E-state index in [9.17, 15) is 36.3 Å². The fraction of sp³-hybridized carbons (Fsp3) is 0.286. The second kappa shape index (κ2) is 8.69. The molecule has 186 valence electrons. The van der Waals surface area contributed by atoms with E-state index < -0.39 is 53.4 Å². The van der Waals surface area contributed by atoms with E-state index in [1.165, 1.54) is 12.1 Å². The van der Waals surface area contributed by atoms with Crippen molar-refractivity contribution in [1.29, 1.82) is 0 Å². The van der Waals surface area contributed by atoms with Crippen LogP contribution in [0.1, 0.15) is 15.9 Å². The largest absolute Gasteiger partial charge is 0.493 e. The van der Waals surface area contributed by atoms with Gasteiger partial charge in [-0.1, -0.05) is 0 Å². The lowest BCUT2D eigenvalue weighted by Crippen LogP contribution is -2.49. The quantitative estimate of drug-likeness (QED) is 0.608. The molecule has 0 aliphatic carbocycles. The van der Waals surface area contributed by atoms with Crippen LogP contribution in [0.15, 0.2) is 30.3 Å². The second-order valence-corrected chi connectivity index (χ2v) is 8.10. The number of amides is 2. The van der Waals surface area contributed by atoms with Crippen LogP contribution in [-0.4, -0.2) is 49.0 Å². The van der Waals surface area contributed by atoms with Gasteiger partial charge >= 0.3 is 12.1 Å². The number of rotatable bonds is 5. The fourth-order valence-electron chi connectivity index (χ4n) is 3.82. The van der Waals surface area contributed by atoms with E-state index in [0.717, 1.165) is 17.1 Å². The molecule has 2 aromatic rings. The number of halogens is 5. The van der Waals surface area contributed by atoms with E-state index in [4.69, 9.17) is 5.73 Å². The highest BCUT2D eigenvalue weighted by Gasteiger charge is 2.46. The number of nitrogens with two attached hydrogens (primary N) is 1. The molecule has 9 nitrogen and oxygen atoms in total. The number of nitrogens with one attached hydrogen (secondary N) is 1. The van der Waals surface area contributed by atoms with Crippen LogP contribution < -0.4 is 21.2 Å². The molecule has 2 heterocycles. The van der Waals surface area contributed by atoms with Crippen molar-refractivity contribution in [3.63, 3.8) is 0 Å². The van der Waals surface area contributed by atoms with E-state index in [1.54, 1.807) is 0 Å². The number of alkyl halides is 3. The predicted octanol–water partition coefficient (Wildman–Crippen LogP) is 2.33. The van der Waals surface area contributed by atoms with E-state index in [1.807, 2.05) is 11.9 Å². The molecule has 1 saturated heterocycles. The van der Waals surface area contributed by atoms with Crippen molar-refractivity contribution >= 4 is 34.8 Å². The average molecular weight is 499 g/mol. The first-order valence-corrected chi connectivity index (χ1v) is 10.1. The zero-order valence-electron chi connectivity index (χ0n) is 18.0. The third-order valence-electron chi connectivity index (χ3n) is 5.49. The third kappa shape index (κ3) is 4.69. The van der Waals surface area contributed by atoms with Crippen LogP contribution in [0.25, 0.3) is 0 Å². The minimum absolute atomic E-state index is 0.0411. The smallest absolute Gasteiger partial charge is 0.366 e. The maximum Gasteiger partial charge on any atom is 0.493 e. The molecular weight excluding hydrogens is 481 g/mol. The van der Waals surface area contributed by atoms with Crippen molar-refractivity contribution in [3.8, 4) is 0 Å². The van der Waals surface area contributed by atoms with Crippen molar-refractivity contribution < 1.29 is 41.2 Å². The summed E-state index contributed by atoms with van der Waals surface area (Å²) >= 11 is 0. The Morgan fingerprint density at radius 3 is 2.37 bits per heavy atom. The van der Waals surface area contributed by atoms with Gasteiger partial charge in [0.1, 0.15) is 17.3 Å². The lowest BCUT2D eigenvalue weighted by Gasteiger charge is -2.35. The lowest BCUT2D eigenvalue weighted by atomic mass is 10.0. The number of carbonyl (C=O) groups excluding carboxylic acids is 3. The molecule has 2 aliphatic rings. The Morgan fingerprint density at radius 1 is 1.11 bits per heavy atom. The monoisotopic (exact) mass is 499 g/mol. The Balaban J connectivity index is 1.67. The minimum Gasteiger partial charge on any atom is -0.366 e. The first kappa shape index (κ1) is 24.2. The molecule has 0 spiro atoms. The van der Waals surface area contributed by atoms with Crippen LogP contribution >= 0.6 is 0 Å². The van der Waals surface area contributed by atoms with Crippen LogP contribution in [0.4, 0.5) is 39.0 Å². The Morgan fingerprint density at radius 2 is 1.80 bits per heavy atom. The predicted molar refractivity (Wildman–Crippen MR) is 112 cm³/mol. The number of benzene rings is 2. The average Bonchev–Trinajstić information content (AvgIpc) is 3.09. The van der Waals surface area contributed by atoms with Gasteiger partial charge in [0.05, 0.1) is 29.4 Å². The highest BCUT2D eigenvalue weighted by molar-refractivity contribution is 6.00. The Labute approximate surface area is 194 Å². The zero-order valence-corrected chi connectivity index (χ0v) is 18.0. The standard InChI is InChI=1S/C21H18F5N5O4/c1-29-7-11(8-29)19(33)28-16-3-2-13(6-15(16)23)30-9-10-4-12(22)5-14(18(27)32)17(10)31(30)35-20(34)21(24,25)26/h2-6,11H,7-9H2,1H3,(H2,27,32)(H,28,33). The summed E-state index contributed by atoms with van der Waals surface area (Å²) < 4.78 is 67.6. The summed E-state index contributed by atoms with van der Waals surface area (Å²) in [4.78, 5) is 42.0. The number of hydrazine groups is 1. The fourth-order valence-corrected chi connectivity index (χ4v) is 3.82. The number of hydrogen-bond acceptors (Lipinski definition) is 7. The SMILES string of the molecule is CN1CC(C(=O)Nc2ccc(N3Cc4cc(F)cc(C(N)=O)c4N3OC(=O)C(F)(F)F)cc2F)C1. The second-order valence-electron chi connectivity index (χ2n) is 8.10. The van der Waals surface area contributed by atoms with Gasteiger partial charge in [0.15, 0.2) is 0 Å². The van der Waals surface area contributed by atoms with Crippen LogP contribution in [0.5, 0.6) is 0 Å². The van der Waals surface area contributed by atoms with Gasteiger partial charge in [0, 0.05) is 24.7 Å². The molecule has 14 heteroatoms. The van der Waals surface area contributed by atoms with Crippen molar-refractivity contribution in [3.05, 3.63) is 53.1 Å². The molecule has 0 atom stereocenters. The van der Waals surface area contributed by atoms with Crippen molar-refractivity contribution in [2.45, 2.75) is 12.7 Å². The lowest BCUT2D eigenvalue weighted by molar-refractivity contribution is -0.201. The Bertz CT molecular complexity index is 1220. The third-order valence-corrected chi connectivity index (χ3v) is 5.49. The molecular formula is C21H18F5N5O4. The van der Waals surface area contributed by atoms with Crippen LogP contribution in [0, 0.1) is 17.6 Å². The number of nitrogens with zero attached hydrogens (tertiary/aromatic N) is 3. The van der Waals surface area contributed by atoms with Crippen molar-refractivity contribution in [2.24, 2.45) is 11.7 Å². The highest BCUT2D eigenvalue weighted by atomic mass is 19.4. The van der Waals surface area contributed by atoms with Crippen molar-refractivity contribution in [2.75, 3.05) is 35.6 Å². The molecule has 0 saturated carbocycles. The summed E-state index contributed by atoms with van der Waals surface area (Å²) in [6.45, 7) is 0.629. The van der Waals surface area contributed by atoms with Gasteiger partial charge in [-0.25, -0.2) is 18.6 Å². The summed E-state index contributed by atoms with van der Waals surface area (Å²) in [7, 11) is 1.82. The van der Waals surface area contributed by atoms with Crippen molar-refractivity contribution in [1.82, 2.24) is 4.90 Å². The van der Waals surface area contributed by atoms with Gasteiger partial charge in [-0.15, -0.1) is 5.17 Å². The molecule has 3 N–H and O–H groups in total. The van der Waals surface area contributed by atoms with Crippen LogP contribution in [0.3, 0.4) is 0 Å². The van der Waals surface area contributed by atoms with E-state index in [0.29, 0.717) is 24.3 Å². The summed E-state index contributed by atoms with van der Waals surface area (Å²) in [5.74, 6) is -6.38. The van der Waals surface area contributed by atoms with E-state index >= 15 is 0 Å². The molecule has 0 radical (unpaired) electrons. The molecule has 2 aromatic carbocycles. The minimum atomic E-state index is -5.41. The molecule has 1 fully saturated rings. The zero-order chi connectivity index (χ0) is 25.7. The van der Waals surface area contributed by atoms with Crippen LogP contribution in [-0.2, 0) is 21.0 Å².